The number of carbonyl (C=O) groups is 1. The van der Waals surface area contributed by atoms with Crippen LogP contribution in [0.5, 0.6) is 0 Å². The fraction of sp³-hybridized carbons (Fsp3) is 0.500. The van der Waals surface area contributed by atoms with Crippen molar-refractivity contribution in [2.24, 2.45) is 0 Å². The van der Waals surface area contributed by atoms with Crippen LogP contribution in [-0.4, -0.2) is 21.7 Å². The van der Waals surface area contributed by atoms with Crippen LogP contribution in [0.2, 0.25) is 0 Å². The van der Waals surface area contributed by atoms with Gasteiger partial charge in [-0.25, -0.2) is 4.79 Å². The average Bonchev–Trinajstić information content (AvgIpc) is 3.10. The van der Waals surface area contributed by atoms with Crippen LogP contribution in [0.3, 0.4) is 0 Å². The van der Waals surface area contributed by atoms with Crippen LogP contribution in [0.25, 0.3) is 10.6 Å². The lowest BCUT2D eigenvalue weighted by Crippen LogP contribution is -2.17. The van der Waals surface area contributed by atoms with Crippen LogP contribution in [-0.2, 0) is 4.74 Å². The molecule has 0 fully saturated rings. The number of rotatable bonds is 7. The lowest BCUT2D eigenvalue weighted by Gasteiger charge is -2.15. The van der Waals surface area contributed by atoms with Crippen LogP contribution in [0, 0.1) is 0 Å². The zero-order valence-corrected chi connectivity index (χ0v) is 13.3. The second-order valence-electron chi connectivity index (χ2n) is 4.53. The Hall–Kier alpha value is -1.27. The Kier molecular flexibility index (Phi) is 5.67. The fourth-order valence-corrected chi connectivity index (χ4v) is 3.35. The van der Waals surface area contributed by atoms with Gasteiger partial charge in [-0.05, 0) is 35.8 Å². The molecule has 0 aromatic carbocycles. The van der Waals surface area contributed by atoms with Crippen LogP contribution < -0.4 is 0 Å². The van der Waals surface area contributed by atoms with Gasteiger partial charge in [-0.15, -0.1) is 16.4 Å². The predicted molar refractivity (Wildman–Crippen MR) is 82.2 cm³/mol. The molecule has 0 spiro atoms. The third kappa shape index (κ3) is 3.64. The van der Waals surface area contributed by atoms with Gasteiger partial charge in [-0.2, -0.15) is 0 Å². The molecule has 2 rings (SSSR count). The summed E-state index contributed by atoms with van der Waals surface area (Å²) in [4.78, 5) is 13.8. The summed E-state index contributed by atoms with van der Waals surface area (Å²) in [6, 6.07) is 3.87. The Balaban J connectivity index is 2.11. The zero-order valence-electron chi connectivity index (χ0n) is 11.7. The van der Waals surface area contributed by atoms with E-state index in [0.717, 1.165) is 42.1 Å². The smallest absolute Gasteiger partial charge is 0.352 e. The minimum absolute atomic E-state index is 0.00390. The molecule has 2 heterocycles. The first-order valence-corrected chi connectivity index (χ1v) is 8.48. The molecule has 0 aliphatic carbocycles. The number of nitrogens with zero attached hydrogens (tertiary/aromatic N) is 2. The van der Waals surface area contributed by atoms with E-state index in [4.69, 9.17) is 4.74 Å². The van der Waals surface area contributed by atoms with Gasteiger partial charge in [0.2, 0.25) is 0 Å². The summed E-state index contributed by atoms with van der Waals surface area (Å²) in [5, 5.41) is 6.02. The average molecular weight is 310 g/mol. The first-order valence-electron chi connectivity index (χ1n) is 6.83. The molecule has 6 heteroatoms. The molecule has 0 amide bonds. The van der Waals surface area contributed by atoms with E-state index in [1.165, 1.54) is 0 Å². The van der Waals surface area contributed by atoms with Gasteiger partial charge in [0.05, 0.1) is 4.88 Å². The Morgan fingerprint density at radius 1 is 1.35 bits per heavy atom. The van der Waals surface area contributed by atoms with Crippen molar-refractivity contribution in [1.29, 1.82) is 0 Å². The molecule has 20 heavy (non-hydrogen) atoms. The van der Waals surface area contributed by atoms with E-state index in [2.05, 4.69) is 23.4 Å². The van der Waals surface area contributed by atoms with Gasteiger partial charge in [0.15, 0.2) is 4.88 Å². The SMILES string of the molecule is CCCC(CCC)OC(=O)c1snnc1-c1cccs1. The second-order valence-corrected chi connectivity index (χ2v) is 6.23. The molecule has 0 N–H and O–H groups in total. The van der Waals surface area contributed by atoms with Crippen molar-refractivity contribution >= 4 is 28.8 Å². The lowest BCUT2D eigenvalue weighted by atomic mass is 10.1. The minimum atomic E-state index is -0.296. The van der Waals surface area contributed by atoms with Crippen molar-refractivity contribution in [3.05, 3.63) is 22.4 Å². The normalized spacial score (nSPS) is 10.9. The third-order valence-corrected chi connectivity index (χ3v) is 4.51. The van der Waals surface area contributed by atoms with E-state index in [-0.39, 0.29) is 12.1 Å². The number of carbonyl (C=O) groups excluding carboxylic acids is 1. The summed E-state index contributed by atoms with van der Waals surface area (Å²) in [5.74, 6) is -0.296. The molecule has 0 bridgehead atoms. The summed E-state index contributed by atoms with van der Waals surface area (Å²) < 4.78 is 9.51. The van der Waals surface area contributed by atoms with Gasteiger partial charge in [0, 0.05) is 0 Å². The molecule has 0 radical (unpaired) electrons. The van der Waals surface area contributed by atoms with Gasteiger partial charge in [0.1, 0.15) is 11.8 Å². The zero-order chi connectivity index (χ0) is 14.4. The topological polar surface area (TPSA) is 52.1 Å². The van der Waals surface area contributed by atoms with E-state index < -0.39 is 0 Å². The quantitative estimate of drug-likeness (QED) is 0.712. The maximum absolute atomic E-state index is 12.3. The molecule has 0 aliphatic heterocycles. The molecule has 0 atom stereocenters. The standard InChI is InChI=1S/C14H18N2O2S2/c1-3-6-10(7-4-2)18-14(17)13-12(15-16-20-13)11-8-5-9-19-11/h5,8-10H,3-4,6-7H2,1-2H3. The summed E-state index contributed by atoms with van der Waals surface area (Å²) in [5.41, 5.74) is 0.641. The first-order chi connectivity index (χ1) is 9.76. The van der Waals surface area contributed by atoms with Crippen molar-refractivity contribution < 1.29 is 9.53 Å². The van der Waals surface area contributed by atoms with Crippen LogP contribution in [0.4, 0.5) is 0 Å². The van der Waals surface area contributed by atoms with Crippen LogP contribution in [0.15, 0.2) is 17.5 Å². The maximum Gasteiger partial charge on any atom is 0.352 e. The van der Waals surface area contributed by atoms with Gasteiger partial charge >= 0.3 is 5.97 Å². The van der Waals surface area contributed by atoms with Crippen molar-refractivity contribution in [2.45, 2.75) is 45.6 Å². The number of aromatic nitrogens is 2. The van der Waals surface area contributed by atoms with Gasteiger partial charge in [-0.1, -0.05) is 37.2 Å². The number of esters is 1. The molecule has 0 saturated carbocycles. The largest absolute Gasteiger partial charge is 0.458 e. The Bertz CT molecular complexity index is 531. The molecule has 0 saturated heterocycles. The van der Waals surface area contributed by atoms with Crippen LogP contribution >= 0.6 is 22.9 Å². The Morgan fingerprint density at radius 3 is 2.70 bits per heavy atom. The van der Waals surface area contributed by atoms with E-state index in [9.17, 15) is 4.79 Å². The number of thiophene rings is 1. The van der Waals surface area contributed by atoms with E-state index in [0.29, 0.717) is 10.6 Å². The fourth-order valence-electron chi connectivity index (χ4n) is 2.01. The van der Waals surface area contributed by atoms with Crippen molar-refractivity contribution in [1.82, 2.24) is 9.59 Å². The summed E-state index contributed by atoms with van der Waals surface area (Å²) in [7, 11) is 0. The van der Waals surface area contributed by atoms with Crippen molar-refractivity contribution in [2.75, 3.05) is 0 Å². The van der Waals surface area contributed by atoms with Crippen molar-refractivity contribution in [3.63, 3.8) is 0 Å². The Morgan fingerprint density at radius 2 is 2.10 bits per heavy atom. The van der Waals surface area contributed by atoms with Crippen molar-refractivity contribution in [3.8, 4) is 10.6 Å². The monoisotopic (exact) mass is 310 g/mol. The molecule has 2 aromatic rings. The number of ether oxygens (including phenoxy) is 1. The second kappa shape index (κ2) is 7.50. The number of hydrogen-bond donors (Lipinski definition) is 0. The maximum atomic E-state index is 12.3. The summed E-state index contributed by atoms with van der Waals surface area (Å²) in [6.07, 6.45) is 3.82. The predicted octanol–water partition coefficient (Wildman–Crippen LogP) is 4.39. The highest BCUT2D eigenvalue weighted by Gasteiger charge is 2.22. The molecule has 0 unspecified atom stereocenters. The molecule has 0 aliphatic rings. The van der Waals surface area contributed by atoms with E-state index in [1.807, 2.05) is 17.5 Å². The highest BCUT2D eigenvalue weighted by atomic mass is 32.1. The molecule has 2 aromatic heterocycles. The third-order valence-electron chi connectivity index (χ3n) is 2.92. The first kappa shape index (κ1) is 15.1. The lowest BCUT2D eigenvalue weighted by molar-refractivity contribution is 0.0265. The molecule has 108 valence electrons. The molecular weight excluding hydrogens is 292 g/mol. The highest BCUT2D eigenvalue weighted by Crippen LogP contribution is 2.29. The molecular formula is C14H18N2O2S2. The summed E-state index contributed by atoms with van der Waals surface area (Å²) >= 11 is 2.65. The van der Waals surface area contributed by atoms with Crippen LogP contribution in [0.1, 0.15) is 49.2 Å². The van der Waals surface area contributed by atoms with Gasteiger partial charge in [-0.3, -0.25) is 0 Å². The summed E-state index contributed by atoms with van der Waals surface area (Å²) in [6.45, 7) is 4.20. The van der Waals surface area contributed by atoms with Gasteiger partial charge < -0.3 is 4.74 Å². The molecule has 4 nitrogen and oxygen atoms in total. The minimum Gasteiger partial charge on any atom is -0.458 e. The van der Waals surface area contributed by atoms with E-state index >= 15 is 0 Å². The van der Waals surface area contributed by atoms with Gasteiger partial charge in [0.25, 0.3) is 0 Å². The highest BCUT2D eigenvalue weighted by molar-refractivity contribution is 7.14. The Labute approximate surface area is 127 Å². The van der Waals surface area contributed by atoms with E-state index in [1.54, 1.807) is 11.3 Å². The number of hydrogen-bond acceptors (Lipinski definition) is 6.